The minimum atomic E-state index is -1.76. The van der Waals surface area contributed by atoms with E-state index in [9.17, 15) is 0 Å². The predicted octanol–water partition coefficient (Wildman–Crippen LogP) is 3.94. The van der Waals surface area contributed by atoms with Crippen molar-refractivity contribution in [2.24, 2.45) is 5.73 Å². The molecule has 4 heteroatoms. The minimum Gasteiger partial charge on any atom is -0.414 e. The van der Waals surface area contributed by atoms with Gasteiger partial charge in [0, 0.05) is 6.04 Å². The molecule has 0 radical (unpaired) electrons. The average Bonchev–Trinajstić information content (AvgIpc) is 2.38. The molecule has 0 aromatic heterocycles. The molecule has 3 nitrogen and oxygen atoms in total. The Morgan fingerprint density at radius 3 is 2.19 bits per heavy atom. The molecule has 0 fully saturated rings. The summed E-state index contributed by atoms with van der Waals surface area (Å²) < 4.78 is 12.2. The summed E-state index contributed by atoms with van der Waals surface area (Å²) in [4.78, 5) is 0. The molecule has 0 aliphatic carbocycles. The molecule has 1 aromatic carbocycles. The van der Waals surface area contributed by atoms with Crippen LogP contribution in [0.2, 0.25) is 18.1 Å². The molecule has 0 saturated carbocycles. The summed E-state index contributed by atoms with van der Waals surface area (Å²) in [7, 11) is -1.76. The molecule has 0 spiro atoms. The van der Waals surface area contributed by atoms with Crippen LogP contribution in [-0.2, 0) is 15.8 Å². The highest BCUT2D eigenvalue weighted by Gasteiger charge is 2.37. The van der Waals surface area contributed by atoms with Crippen LogP contribution in [0.4, 0.5) is 0 Å². The summed E-state index contributed by atoms with van der Waals surface area (Å²) in [6.07, 6.45) is -0.0701. The van der Waals surface area contributed by atoms with Crippen LogP contribution >= 0.6 is 0 Å². The van der Waals surface area contributed by atoms with Crippen molar-refractivity contribution in [1.29, 1.82) is 0 Å². The number of ether oxygens (including phenoxy) is 1. The van der Waals surface area contributed by atoms with Crippen molar-refractivity contribution in [3.05, 3.63) is 35.9 Å². The van der Waals surface area contributed by atoms with Gasteiger partial charge in [0.15, 0.2) is 8.32 Å². The molecule has 0 saturated heterocycles. The first-order chi connectivity index (χ1) is 9.63. The van der Waals surface area contributed by atoms with Crippen molar-refractivity contribution < 1.29 is 9.16 Å². The summed E-state index contributed by atoms with van der Waals surface area (Å²) in [5.74, 6) is 0. The smallest absolute Gasteiger partial charge is 0.192 e. The van der Waals surface area contributed by atoms with Gasteiger partial charge >= 0.3 is 0 Å². The number of hydrogen-bond donors (Lipinski definition) is 1. The van der Waals surface area contributed by atoms with Crippen LogP contribution in [0.5, 0.6) is 0 Å². The molecular weight excluding hydrogens is 278 g/mol. The van der Waals surface area contributed by atoms with Crippen molar-refractivity contribution in [3.63, 3.8) is 0 Å². The van der Waals surface area contributed by atoms with Crippen molar-refractivity contribution in [1.82, 2.24) is 0 Å². The summed E-state index contributed by atoms with van der Waals surface area (Å²) in [6, 6.07) is 10.1. The maximum absolute atomic E-state index is 6.24. The van der Waals surface area contributed by atoms with E-state index in [2.05, 4.69) is 46.0 Å². The summed E-state index contributed by atoms with van der Waals surface area (Å²) in [6.45, 7) is 14.4. The first-order valence-electron chi connectivity index (χ1n) is 7.68. The van der Waals surface area contributed by atoms with E-state index in [4.69, 9.17) is 14.9 Å². The molecular formula is C17H31NO2Si. The predicted molar refractivity (Wildman–Crippen MR) is 91.8 cm³/mol. The van der Waals surface area contributed by atoms with Gasteiger partial charge in [-0.3, -0.25) is 0 Å². The van der Waals surface area contributed by atoms with E-state index in [1.165, 1.54) is 0 Å². The van der Waals surface area contributed by atoms with Gasteiger partial charge in [0.2, 0.25) is 0 Å². The highest BCUT2D eigenvalue weighted by atomic mass is 28.4. The van der Waals surface area contributed by atoms with Crippen LogP contribution in [0.25, 0.3) is 0 Å². The third-order valence-corrected chi connectivity index (χ3v) is 8.81. The zero-order valence-corrected chi connectivity index (χ0v) is 15.3. The van der Waals surface area contributed by atoms with Crippen molar-refractivity contribution in [3.8, 4) is 0 Å². The number of benzene rings is 1. The zero-order valence-electron chi connectivity index (χ0n) is 14.3. The fourth-order valence-corrected chi connectivity index (χ4v) is 2.65. The van der Waals surface area contributed by atoms with Gasteiger partial charge in [0.1, 0.15) is 0 Å². The first-order valence-corrected chi connectivity index (χ1v) is 10.6. The molecule has 0 aliphatic rings. The van der Waals surface area contributed by atoms with E-state index in [0.717, 1.165) is 5.56 Å². The fourth-order valence-electron chi connectivity index (χ4n) is 1.64. The minimum absolute atomic E-state index is 0.0431. The standard InChI is InChI=1S/C17H31NO2Si/c1-14(18)16(13-20-21(5,6)17(2,3)4)19-12-15-10-8-7-9-11-15/h7-11,14,16H,12-13,18H2,1-6H3/t14-,16+/m1/s1. The highest BCUT2D eigenvalue weighted by molar-refractivity contribution is 6.74. The van der Waals surface area contributed by atoms with Gasteiger partial charge in [-0.15, -0.1) is 0 Å². The maximum Gasteiger partial charge on any atom is 0.192 e. The molecule has 0 heterocycles. The van der Waals surface area contributed by atoms with Gasteiger partial charge in [0.25, 0.3) is 0 Å². The Kier molecular flexibility index (Phi) is 6.59. The lowest BCUT2D eigenvalue weighted by atomic mass is 10.2. The number of rotatable bonds is 7. The Labute approximate surface area is 131 Å². The zero-order chi connectivity index (χ0) is 16.1. The summed E-state index contributed by atoms with van der Waals surface area (Å²) in [5.41, 5.74) is 7.21. The van der Waals surface area contributed by atoms with Crippen LogP contribution in [0.3, 0.4) is 0 Å². The normalized spacial score (nSPS) is 15.8. The Balaban J connectivity index is 2.55. The van der Waals surface area contributed by atoms with E-state index in [1.54, 1.807) is 0 Å². The third-order valence-electron chi connectivity index (χ3n) is 4.31. The molecule has 0 unspecified atom stereocenters. The first kappa shape index (κ1) is 18.4. The monoisotopic (exact) mass is 309 g/mol. The van der Waals surface area contributed by atoms with Crippen molar-refractivity contribution >= 4 is 8.32 Å². The van der Waals surface area contributed by atoms with Crippen LogP contribution in [0, 0.1) is 0 Å². The fraction of sp³-hybridized carbons (Fsp3) is 0.647. The van der Waals surface area contributed by atoms with Crippen LogP contribution in [-0.4, -0.2) is 27.1 Å². The second kappa shape index (κ2) is 7.54. The lowest BCUT2D eigenvalue weighted by molar-refractivity contribution is -0.00564. The van der Waals surface area contributed by atoms with Crippen molar-refractivity contribution in [2.45, 2.75) is 64.6 Å². The SMILES string of the molecule is C[C@@H](N)[C@H](CO[Si](C)(C)C(C)(C)C)OCc1ccccc1. The third kappa shape index (κ3) is 5.91. The Morgan fingerprint density at radius 1 is 1.14 bits per heavy atom. The van der Waals surface area contributed by atoms with Crippen molar-refractivity contribution in [2.75, 3.05) is 6.61 Å². The Bertz CT molecular complexity index is 413. The van der Waals surface area contributed by atoms with Gasteiger partial charge in [-0.2, -0.15) is 0 Å². The number of nitrogens with two attached hydrogens (primary N) is 1. The van der Waals surface area contributed by atoms with Crippen LogP contribution in [0.15, 0.2) is 30.3 Å². The maximum atomic E-state index is 6.24. The second-order valence-corrected chi connectivity index (χ2v) is 12.1. The van der Waals surface area contributed by atoms with E-state index in [0.29, 0.717) is 13.2 Å². The van der Waals surface area contributed by atoms with Gasteiger partial charge in [0.05, 0.1) is 19.3 Å². The molecule has 21 heavy (non-hydrogen) atoms. The Morgan fingerprint density at radius 2 is 1.71 bits per heavy atom. The van der Waals surface area contributed by atoms with E-state index in [-0.39, 0.29) is 17.2 Å². The summed E-state index contributed by atoms with van der Waals surface area (Å²) >= 11 is 0. The second-order valence-electron chi connectivity index (χ2n) is 7.27. The molecule has 1 rings (SSSR count). The molecule has 0 aliphatic heterocycles. The number of hydrogen-bond acceptors (Lipinski definition) is 3. The van der Waals surface area contributed by atoms with Crippen LogP contribution in [0.1, 0.15) is 33.3 Å². The molecule has 120 valence electrons. The molecule has 2 N–H and O–H groups in total. The quantitative estimate of drug-likeness (QED) is 0.776. The largest absolute Gasteiger partial charge is 0.414 e. The van der Waals surface area contributed by atoms with E-state index < -0.39 is 8.32 Å². The lowest BCUT2D eigenvalue weighted by Crippen LogP contribution is -2.46. The van der Waals surface area contributed by atoms with E-state index >= 15 is 0 Å². The van der Waals surface area contributed by atoms with Gasteiger partial charge in [-0.25, -0.2) is 0 Å². The molecule has 0 amide bonds. The average molecular weight is 310 g/mol. The molecule has 2 atom stereocenters. The van der Waals surface area contributed by atoms with Gasteiger partial charge < -0.3 is 14.9 Å². The van der Waals surface area contributed by atoms with Gasteiger partial charge in [-0.1, -0.05) is 51.1 Å². The van der Waals surface area contributed by atoms with Gasteiger partial charge in [-0.05, 0) is 30.6 Å². The van der Waals surface area contributed by atoms with Crippen LogP contribution < -0.4 is 5.73 Å². The molecule has 1 aromatic rings. The molecule has 0 bridgehead atoms. The van der Waals surface area contributed by atoms with E-state index in [1.807, 2.05) is 25.1 Å². The topological polar surface area (TPSA) is 44.5 Å². The summed E-state index contributed by atoms with van der Waals surface area (Å²) in [5, 5.41) is 0.203. The highest BCUT2D eigenvalue weighted by Crippen LogP contribution is 2.36. The Hall–Kier alpha value is -0.683. The lowest BCUT2D eigenvalue weighted by Gasteiger charge is -2.37.